The van der Waals surface area contributed by atoms with Crippen molar-refractivity contribution in [2.45, 2.75) is 25.8 Å². The summed E-state index contributed by atoms with van der Waals surface area (Å²) in [5.41, 5.74) is 2.65. The van der Waals surface area contributed by atoms with Crippen molar-refractivity contribution in [2.75, 3.05) is 18.1 Å². The van der Waals surface area contributed by atoms with Crippen LogP contribution in [0.3, 0.4) is 0 Å². The zero-order valence-corrected chi connectivity index (χ0v) is 19.8. The lowest BCUT2D eigenvalue weighted by atomic mass is 9.94. The Morgan fingerprint density at radius 2 is 1.83 bits per heavy atom. The third-order valence-corrected chi connectivity index (χ3v) is 6.32. The van der Waals surface area contributed by atoms with Crippen LogP contribution < -0.4 is 9.64 Å². The molecule has 0 aromatic heterocycles. The molecule has 2 aliphatic heterocycles. The van der Waals surface area contributed by atoms with Crippen LogP contribution in [0.15, 0.2) is 78.4 Å². The standard InChI is InChI=1S/C29H25NO6/c1-2-14-36-29(34)21-9-6-10-22(17-21)30-25(18-7-4-3-5-8-18)24(27(32)28(30)33)26(31)20-11-12-23-19(16-20)13-15-35-23/h3-12,16-17,25,31H,2,13-15H2,1H3/b26-24-. The molecule has 1 unspecified atom stereocenters. The van der Waals surface area contributed by atoms with Crippen LogP contribution in [0.2, 0.25) is 0 Å². The molecular formula is C29H25NO6. The zero-order chi connectivity index (χ0) is 25.2. The maximum absolute atomic E-state index is 13.4. The van der Waals surface area contributed by atoms with Crippen LogP contribution in [0.1, 0.15) is 46.4 Å². The van der Waals surface area contributed by atoms with Gasteiger partial charge in [-0.3, -0.25) is 14.5 Å². The van der Waals surface area contributed by atoms with Gasteiger partial charge in [0.25, 0.3) is 11.7 Å². The summed E-state index contributed by atoms with van der Waals surface area (Å²) in [6, 6.07) is 19.8. The van der Waals surface area contributed by atoms with E-state index in [1.54, 1.807) is 60.7 Å². The summed E-state index contributed by atoms with van der Waals surface area (Å²) in [6.45, 7) is 2.74. The van der Waals surface area contributed by atoms with Gasteiger partial charge in [-0.1, -0.05) is 43.3 Å². The molecule has 2 heterocycles. The van der Waals surface area contributed by atoms with Gasteiger partial charge in [-0.2, -0.15) is 0 Å². The number of rotatable bonds is 6. The molecule has 7 heteroatoms. The molecule has 0 radical (unpaired) electrons. The molecule has 0 spiro atoms. The third kappa shape index (κ3) is 4.13. The van der Waals surface area contributed by atoms with Crippen molar-refractivity contribution < 1.29 is 29.0 Å². The van der Waals surface area contributed by atoms with Crippen molar-refractivity contribution in [3.05, 3.63) is 101 Å². The zero-order valence-electron chi connectivity index (χ0n) is 19.8. The van der Waals surface area contributed by atoms with Crippen LogP contribution >= 0.6 is 0 Å². The summed E-state index contributed by atoms with van der Waals surface area (Å²) in [6.07, 6.45) is 1.39. The number of carbonyl (C=O) groups excluding carboxylic acids is 3. The van der Waals surface area contributed by atoms with Crippen molar-refractivity contribution in [2.24, 2.45) is 0 Å². The molecule has 3 aromatic rings. The first kappa shape index (κ1) is 23.4. The molecule has 2 aliphatic rings. The minimum absolute atomic E-state index is 0.0102. The van der Waals surface area contributed by atoms with E-state index in [-0.39, 0.29) is 23.5 Å². The lowest BCUT2D eigenvalue weighted by Gasteiger charge is -2.25. The molecule has 0 aliphatic carbocycles. The largest absolute Gasteiger partial charge is 0.507 e. The van der Waals surface area contributed by atoms with E-state index >= 15 is 0 Å². The van der Waals surface area contributed by atoms with Crippen molar-refractivity contribution in [1.82, 2.24) is 0 Å². The predicted octanol–water partition coefficient (Wildman–Crippen LogP) is 4.81. The second-order valence-corrected chi connectivity index (χ2v) is 8.69. The fraction of sp³-hybridized carbons (Fsp3) is 0.207. The maximum atomic E-state index is 13.4. The Labute approximate surface area is 208 Å². The van der Waals surface area contributed by atoms with Crippen LogP contribution in [0.4, 0.5) is 5.69 Å². The van der Waals surface area contributed by atoms with E-state index < -0.39 is 23.7 Å². The van der Waals surface area contributed by atoms with E-state index in [4.69, 9.17) is 9.47 Å². The van der Waals surface area contributed by atoms with Gasteiger partial charge >= 0.3 is 5.97 Å². The molecule has 1 atom stereocenters. The summed E-state index contributed by atoms with van der Waals surface area (Å²) in [4.78, 5) is 40.5. The number of hydrogen-bond donors (Lipinski definition) is 1. The number of amides is 1. The van der Waals surface area contributed by atoms with E-state index in [0.717, 1.165) is 11.3 Å². The topological polar surface area (TPSA) is 93.1 Å². The number of hydrogen-bond acceptors (Lipinski definition) is 6. The Morgan fingerprint density at radius 3 is 2.61 bits per heavy atom. The van der Waals surface area contributed by atoms with Crippen LogP contribution in [0.25, 0.3) is 5.76 Å². The van der Waals surface area contributed by atoms with Gasteiger partial charge in [0.1, 0.15) is 11.5 Å². The molecule has 7 nitrogen and oxygen atoms in total. The fourth-order valence-electron chi connectivity index (χ4n) is 4.60. The van der Waals surface area contributed by atoms with Crippen LogP contribution in [0.5, 0.6) is 5.75 Å². The summed E-state index contributed by atoms with van der Waals surface area (Å²) in [5.74, 6) is -1.59. The maximum Gasteiger partial charge on any atom is 0.338 e. The van der Waals surface area contributed by atoms with Gasteiger partial charge in [0.15, 0.2) is 0 Å². The number of ether oxygens (including phenoxy) is 2. The average molecular weight is 484 g/mol. The molecule has 1 fully saturated rings. The van der Waals surface area contributed by atoms with Crippen molar-refractivity contribution in [1.29, 1.82) is 0 Å². The molecule has 36 heavy (non-hydrogen) atoms. The van der Waals surface area contributed by atoms with Crippen molar-refractivity contribution in [3.8, 4) is 5.75 Å². The van der Waals surface area contributed by atoms with Crippen LogP contribution in [-0.4, -0.2) is 36.0 Å². The molecule has 1 amide bonds. The van der Waals surface area contributed by atoms with E-state index in [9.17, 15) is 19.5 Å². The van der Waals surface area contributed by atoms with E-state index in [0.29, 0.717) is 36.3 Å². The predicted molar refractivity (Wildman–Crippen MR) is 134 cm³/mol. The first-order chi connectivity index (χ1) is 17.5. The Kier molecular flexibility index (Phi) is 6.29. The van der Waals surface area contributed by atoms with Gasteiger partial charge in [-0.15, -0.1) is 0 Å². The Bertz CT molecular complexity index is 1380. The molecule has 0 saturated carbocycles. The molecule has 0 bridgehead atoms. The fourth-order valence-corrected chi connectivity index (χ4v) is 4.60. The molecule has 3 aromatic carbocycles. The van der Waals surface area contributed by atoms with E-state index in [2.05, 4.69) is 0 Å². The summed E-state index contributed by atoms with van der Waals surface area (Å²) in [7, 11) is 0. The van der Waals surface area contributed by atoms with Crippen molar-refractivity contribution in [3.63, 3.8) is 0 Å². The number of benzene rings is 3. The highest BCUT2D eigenvalue weighted by molar-refractivity contribution is 6.51. The normalized spacial score (nSPS) is 18.1. The lowest BCUT2D eigenvalue weighted by molar-refractivity contribution is -0.132. The van der Waals surface area contributed by atoms with Crippen LogP contribution in [-0.2, 0) is 20.7 Å². The quantitative estimate of drug-likeness (QED) is 0.234. The minimum Gasteiger partial charge on any atom is -0.507 e. The molecular weight excluding hydrogens is 458 g/mol. The average Bonchev–Trinajstić information content (AvgIpc) is 3.49. The monoisotopic (exact) mass is 483 g/mol. The number of esters is 1. The smallest absolute Gasteiger partial charge is 0.338 e. The SMILES string of the molecule is CCCOC(=O)c1cccc(N2C(=O)C(=O)/C(=C(\O)c3ccc4c(c3)CCO4)C2c2ccccc2)c1. The summed E-state index contributed by atoms with van der Waals surface area (Å²) >= 11 is 0. The highest BCUT2D eigenvalue weighted by Gasteiger charge is 2.47. The first-order valence-electron chi connectivity index (χ1n) is 11.9. The number of aliphatic hydroxyl groups excluding tert-OH is 1. The number of aliphatic hydroxyl groups is 1. The Balaban J connectivity index is 1.63. The van der Waals surface area contributed by atoms with Crippen LogP contribution in [0, 0.1) is 0 Å². The minimum atomic E-state index is -0.877. The highest BCUT2D eigenvalue weighted by Crippen LogP contribution is 2.42. The van der Waals surface area contributed by atoms with Gasteiger partial charge in [-0.25, -0.2) is 4.79 Å². The second-order valence-electron chi connectivity index (χ2n) is 8.69. The van der Waals surface area contributed by atoms with E-state index in [1.807, 2.05) is 13.0 Å². The molecule has 5 rings (SSSR count). The number of anilines is 1. The van der Waals surface area contributed by atoms with E-state index in [1.165, 1.54) is 11.0 Å². The van der Waals surface area contributed by atoms with Gasteiger partial charge in [-0.05, 0) is 53.9 Å². The second kappa shape index (κ2) is 9.70. The first-order valence-corrected chi connectivity index (χ1v) is 11.9. The molecule has 1 N–H and O–H groups in total. The Hall–Kier alpha value is -4.39. The highest BCUT2D eigenvalue weighted by atomic mass is 16.5. The Morgan fingerprint density at radius 1 is 1.03 bits per heavy atom. The number of carbonyl (C=O) groups is 3. The third-order valence-electron chi connectivity index (χ3n) is 6.32. The summed E-state index contributed by atoms with van der Waals surface area (Å²) in [5, 5.41) is 11.3. The van der Waals surface area contributed by atoms with Gasteiger partial charge in [0.2, 0.25) is 0 Å². The lowest BCUT2D eigenvalue weighted by Crippen LogP contribution is -2.29. The van der Waals surface area contributed by atoms with Gasteiger partial charge in [0.05, 0.1) is 30.4 Å². The summed E-state index contributed by atoms with van der Waals surface area (Å²) < 4.78 is 10.8. The number of ketones is 1. The number of fused-ring (bicyclic) bond motifs is 1. The van der Waals surface area contributed by atoms with Gasteiger partial charge < -0.3 is 14.6 Å². The number of Topliss-reactive ketones (excluding diaryl/α,β-unsaturated/α-hetero) is 1. The van der Waals surface area contributed by atoms with Gasteiger partial charge in [0, 0.05) is 17.7 Å². The molecule has 182 valence electrons. The van der Waals surface area contributed by atoms with Crippen molar-refractivity contribution >= 4 is 29.1 Å². The molecule has 1 saturated heterocycles. The number of nitrogens with zero attached hydrogens (tertiary/aromatic N) is 1.